The van der Waals surface area contributed by atoms with E-state index in [1.54, 1.807) is 6.20 Å². The summed E-state index contributed by atoms with van der Waals surface area (Å²) >= 11 is 3.43. The lowest BCUT2D eigenvalue weighted by Crippen LogP contribution is -2.32. The first kappa shape index (κ1) is 12.8. The van der Waals surface area contributed by atoms with Crippen LogP contribution in [-0.4, -0.2) is 12.6 Å². The number of hydrogen-bond donors (Lipinski definition) is 2. The van der Waals surface area contributed by atoms with E-state index >= 15 is 0 Å². The molecule has 4 heteroatoms. The molecule has 1 rings (SSSR count). The molecule has 0 heterocycles. The molecular weight excluding hydrogens is 268 g/mol. The van der Waals surface area contributed by atoms with Crippen LogP contribution in [0, 0.1) is 0 Å². The van der Waals surface area contributed by atoms with Crippen LogP contribution in [0.25, 0.3) is 6.08 Å². The monoisotopic (exact) mass is 282 g/mol. The Balaban J connectivity index is 2.43. The van der Waals surface area contributed by atoms with Crippen LogP contribution < -0.4 is 10.6 Å². The summed E-state index contributed by atoms with van der Waals surface area (Å²) in [6, 6.07) is 7.64. The van der Waals surface area contributed by atoms with Crippen molar-refractivity contribution in [2.45, 2.75) is 13.3 Å². The van der Waals surface area contributed by atoms with Gasteiger partial charge in [0, 0.05) is 17.2 Å². The third-order valence-electron chi connectivity index (χ3n) is 1.92. The van der Waals surface area contributed by atoms with E-state index in [0.717, 1.165) is 16.5 Å². The summed E-state index contributed by atoms with van der Waals surface area (Å²) in [7, 11) is 0. The second kappa shape index (κ2) is 7.06. The van der Waals surface area contributed by atoms with Gasteiger partial charge in [-0.2, -0.15) is 0 Å². The van der Waals surface area contributed by atoms with Gasteiger partial charge in [0.15, 0.2) is 0 Å². The number of amides is 2. The van der Waals surface area contributed by atoms with Crippen LogP contribution in [0.1, 0.15) is 18.9 Å². The highest BCUT2D eigenvalue weighted by Crippen LogP contribution is 2.16. The predicted octanol–water partition coefficient (Wildman–Crippen LogP) is 3.13. The Morgan fingerprint density at radius 1 is 1.44 bits per heavy atom. The molecule has 0 aliphatic heterocycles. The van der Waals surface area contributed by atoms with Crippen molar-refractivity contribution >= 4 is 28.0 Å². The normalized spacial score (nSPS) is 10.4. The second-order valence-corrected chi connectivity index (χ2v) is 4.11. The Hall–Kier alpha value is -1.29. The van der Waals surface area contributed by atoms with Crippen molar-refractivity contribution < 1.29 is 4.79 Å². The predicted molar refractivity (Wildman–Crippen MR) is 70.0 cm³/mol. The van der Waals surface area contributed by atoms with Crippen LogP contribution in [0.15, 0.2) is 34.9 Å². The van der Waals surface area contributed by atoms with Gasteiger partial charge in [-0.15, -0.1) is 0 Å². The third-order valence-corrected chi connectivity index (χ3v) is 2.64. The van der Waals surface area contributed by atoms with Crippen molar-refractivity contribution in [3.63, 3.8) is 0 Å². The number of urea groups is 1. The Bertz CT molecular complexity index is 377. The second-order valence-electron chi connectivity index (χ2n) is 3.26. The molecule has 16 heavy (non-hydrogen) atoms. The van der Waals surface area contributed by atoms with Gasteiger partial charge in [-0.3, -0.25) is 0 Å². The standard InChI is InChI=1S/C12H15BrN2O/c1-2-8-14-12(16)15-9-7-10-5-3-4-6-11(10)13/h3-7,9H,2,8H2,1H3,(H2,14,15,16)/b9-7+. The number of carbonyl (C=O) groups excluding carboxylic acids is 1. The molecule has 2 amide bonds. The van der Waals surface area contributed by atoms with Crippen LogP contribution in [-0.2, 0) is 0 Å². The fourth-order valence-electron chi connectivity index (χ4n) is 1.11. The quantitative estimate of drug-likeness (QED) is 0.875. The zero-order valence-electron chi connectivity index (χ0n) is 9.16. The van der Waals surface area contributed by atoms with E-state index in [9.17, 15) is 4.79 Å². The number of halogens is 1. The van der Waals surface area contributed by atoms with E-state index < -0.39 is 0 Å². The van der Waals surface area contributed by atoms with Crippen LogP contribution in [0.3, 0.4) is 0 Å². The molecule has 0 aliphatic rings. The van der Waals surface area contributed by atoms with Crippen molar-refractivity contribution in [1.29, 1.82) is 0 Å². The highest BCUT2D eigenvalue weighted by atomic mass is 79.9. The zero-order valence-corrected chi connectivity index (χ0v) is 10.8. The first-order valence-corrected chi connectivity index (χ1v) is 5.98. The average molecular weight is 283 g/mol. The van der Waals surface area contributed by atoms with Gasteiger partial charge in [0.25, 0.3) is 0 Å². The lowest BCUT2D eigenvalue weighted by atomic mass is 10.2. The minimum Gasteiger partial charge on any atom is -0.338 e. The van der Waals surface area contributed by atoms with Crippen LogP contribution in [0.4, 0.5) is 4.79 Å². The molecule has 0 bridgehead atoms. The summed E-state index contributed by atoms with van der Waals surface area (Å²) in [4.78, 5) is 11.2. The Kier molecular flexibility index (Phi) is 5.64. The van der Waals surface area contributed by atoms with Crippen molar-refractivity contribution in [3.8, 4) is 0 Å². The zero-order chi connectivity index (χ0) is 11.8. The molecule has 3 nitrogen and oxygen atoms in total. The summed E-state index contributed by atoms with van der Waals surface area (Å²) in [6.45, 7) is 2.70. The van der Waals surface area contributed by atoms with Crippen molar-refractivity contribution in [1.82, 2.24) is 10.6 Å². The first-order chi connectivity index (χ1) is 7.74. The molecule has 1 aromatic rings. The van der Waals surface area contributed by atoms with Gasteiger partial charge < -0.3 is 10.6 Å². The van der Waals surface area contributed by atoms with E-state index in [1.807, 2.05) is 37.3 Å². The summed E-state index contributed by atoms with van der Waals surface area (Å²) < 4.78 is 1.00. The Labute approximate surface area is 104 Å². The van der Waals surface area contributed by atoms with E-state index in [2.05, 4.69) is 26.6 Å². The van der Waals surface area contributed by atoms with Gasteiger partial charge in [0.05, 0.1) is 0 Å². The molecule has 0 radical (unpaired) electrons. The SMILES string of the molecule is CCCNC(=O)N/C=C/c1ccccc1Br. The smallest absolute Gasteiger partial charge is 0.318 e. The lowest BCUT2D eigenvalue weighted by Gasteiger charge is -2.02. The number of nitrogens with one attached hydrogen (secondary N) is 2. The number of hydrogen-bond acceptors (Lipinski definition) is 1. The molecule has 86 valence electrons. The van der Waals surface area contributed by atoms with Gasteiger partial charge in [0.1, 0.15) is 0 Å². The molecule has 0 spiro atoms. The molecule has 0 aliphatic carbocycles. The fraction of sp³-hybridized carbons (Fsp3) is 0.250. The number of rotatable bonds is 4. The highest BCUT2D eigenvalue weighted by molar-refractivity contribution is 9.10. The maximum atomic E-state index is 11.2. The summed E-state index contributed by atoms with van der Waals surface area (Å²) in [6.07, 6.45) is 4.40. The van der Waals surface area contributed by atoms with Crippen molar-refractivity contribution in [3.05, 3.63) is 40.5 Å². The van der Waals surface area contributed by atoms with Crippen LogP contribution in [0.2, 0.25) is 0 Å². The molecule has 0 saturated heterocycles. The summed E-state index contributed by atoms with van der Waals surface area (Å²) in [5.74, 6) is 0. The Morgan fingerprint density at radius 2 is 2.19 bits per heavy atom. The molecule has 0 saturated carbocycles. The molecule has 0 aromatic heterocycles. The van der Waals surface area contributed by atoms with Gasteiger partial charge >= 0.3 is 6.03 Å². The van der Waals surface area contributed by atoms with E-state index in [1.165, 1.54) is 0 Å². The van der Waals surface area contributed by atoms with Gasteiger partial charge in [0.2, 0.25) is 0 Å². The minimum atomic E-state index is -0.176. The van der Waals surface area contributed by atoms with Gasteiger partial charge in [-0.1, -0.05) is 41.1 Å². The maximum Gasteiger partial charge on any atom is 0.318 e. The molecule has 0 fully saturated rings. The molecule has 0 atom stereocenters. The van der Waals surface area contributed by atoms with Crippen molar-refractivity contribution in [2.75, 3.05) is 6.54 Å². The third kappa shape index (κ3) is 4.49. The van der Waals surface area contributed by atoms with Crippen LogP contribution >= 0.6 is 15.9 Å². The van der Waals surface area contributed by atoms with E-state index in [4.69, 9.17) is 0 Å². The molecule has 2 N–H and O–H groups in total. The van der Waals surface area contributed by atoms with Crippen molar-refractivity contribution in [2.24, 2.45) is 0 Å². The largest absolute Gasteiger partial charge is 0.338 e. The summed E-state index contributed by atoms with van der Waals surface area (Å²) in [5, 5.41) is 5.36. The molecular formula is C12H15BrN2O. The fourth-order valence-corrected chi connectivity index (χ4v) is 1.52. The lowest BCUT2D eigenvalue weighted by molar-refractivity contribution is 0.244. The topological polar surface area (TPSA) is 41.1 Å². The average Bonchev–Trinajstić information content (AvgIpc) is 2.29. The van der Waals surface area contributed by atoms with E-state index in [0.29, 0.717) is 6.54 Å². The summed E-state index contributed by atoms with van der Waals surface area (Å²) in [5.41, 5.74) is 1.03. The van der Waals surface area contributed by atoms with Gasteiger partial charge in [-0.05, 0) is 24.1 Å². The number of benzene rings is 1. The first-order valence-electron chi connectivity index (χ1n) is 5.19. The molecule has 0 unspecified atom stereocenters. The Morgan fingerprint density at radius 3 is 2.88 bits per heavy atom. The maximum absolute atomic E-state index is 11.2. The van der Waals surface area contributed by atoms with Crippen LogP contribution in [0.5, 0.6) is 0 Å². The number of carbonyl (C=O) groups is 1. The highest BCUT2D eigenvalue weighted by Gasteiger charge is 1.95. The minimum absolute atomic E-state index is 0.176. The molecule has 1 aromatic carbocycles. The van der Waals surface area contributed by atoms with Gasteiger partial charge in [-0.25, -0.2) is 4.79 Å². The van der Waals surface area contributed by atoms with E-state index in [-0.39, 0.29) is 6.03 Å².